The third-order valence-corrected chi connectivity index (χ3v) is 3.29. The molecule has 0 radical (unpaired) electrons. The van der Waals surface area contributed by atoms with Crippen molar-refractivity contribution in [3.63, 3.8) is 0 Å². The minimum absolute atomic E-state index is 0.0161. The number of hydrogen-bond donors (Lipinski definition) is 1. The third kappa shape index (κ3) is 3.43. The van der Waals surface area contributed by atoms with Crippen molar-refractivity contribution in [2.75, 3.05) is 7.05 Å². The maximum atomic E-state index is 12.1. The molecule has 2 rings (SSSR count). The Hall–Kier alpha value is -2.18. The van der Waals surface area contributed by atoms with E-state index in [0.29, 0.717) is 25.1 Å². The number of nitrogens with zero attached hydrogens (tertiary/aromatic N) is 4. The maximum Gasteiger partial charge on any atom is 0.267 e. The smallest absolute Gasteiger partial charge is 0.267 e. The quantitative estimate of drug-likeness (QED) is 0.845. The second-order valence-electron chi connectivity index (χ2n) is 4.80. The van der Waals surface area contributed by atoms with Crippen LogP contribution in [0.25, 0.3) is 0 Å². The van der Waals surface area contributed by atoms with Crippen LogP contribution in [0.3, 0.4) is 0 Å². The number of nitrogens with one attached hydrogen (secondary N) is 1. The van der Waals surface area contributed by atoms with Crippen LogP contribution >= 0.6 is 0 Å². The van der Waals surface area contributed by atoms with Crippen molar-refractivity contribution in [1.29, 1.82) is 0 Å². The summed E-state index contributed by atoms with van der Waals surface area (Å²) in [5, 5.41) is 8.20. The van der Waals surface area contributed by atoms with E-state index in [1.54, 1.807) is 19.6 Å². The zero-order valence-electron chi connectivity index (χ0n) is 11.7. The van der Waals surface area contributed by atoms with Gasteiger partial charge in [-0.3, -0.25) is 9.59 Å². The van der Waals surface area contributed by atoms with E-state index < -0.39 is 0 Å². The van der Waals surface area contributed by atoms with Gasteiger partial charge in [-0.25, -0.2) is 9.99 Å². The predicted molar refractivity (Wildman–Crippen MR) is 73.9 cm³/mol. The number of hydrazone groups is 1. The first-order valence-electron chi connectivity index (χ1n) is 6.70. The van der Waals surface area contributed by atoms with Gasteiger partial charge in [-0.05, 0) is 6.42 Å². The summed E-state index contributed by atoms with van der Waals surface area (Å²) in [6, 6.07) is 0.0161. The normalized spacial score (nSPS) is 16.8. The lowest BCUT2D eigenvalue weighted by atomic mass is 10.1. The lowest BCUT2D eigenvalue weighted by Crippen LogP contribution is -2.43. The molecular formula is C13H19N5O2. The molecule has 1 aromatic heterocycles. The molecule has 1 aliphatic rings. The predicted octanol–water partition coefficient (Wildman–Crippen LogP) is 0.386. The molecule has 1 aliphatic heterocycles. The fourth-order valence-corrected chi connectivity index (χ4v) is 2.03. The summed E-state index contributed by atoms with van der Waals surface area (Å²) in [4.78, 5) is 27.5. The highest BCUT2D eigenvalue weighted by molar-refractivity contribution is 6.39. The molecule has 1 aromatic rings. The van der Waals surface area contributed by atoms with E-state index in [1.807, 2.05) is 17.7 Å². The third-order valence-electron chi connectivity index (χ3n) is 3.29. The van der Waals surface area contributed by atoms with Crippen LogP contribution in [-0.2, 0) is 16.1 Å². The number of hydrogen-bond acceptors (Lipinski definition) is 4. The fourth-order valence-electron chi connectivity index (χ4n) is 2.03. The Kier molecular flexibility index (Phi) is 4.49. The first kappa shape index (κ1) is 14.2. The summed E-state index contributed by atoms with van der Waals surface area (Å²) >= 11 is 0. The van der Waals surface area contributed by atoms with Crippen LogP contribution in [0.1, 0.15) is 26.2 Å². The number of aromatic nitrogens is 2. The van der Waals surface area contributed by atoms with Gasteiger partial charge < -0.3 is 9.88 Å². The zero-order valence-corrected chi connectivity index (χ0v) is 11.7. The van der Waals surface area contributed by atoms with Crippen LogP contribution < -0.4 is 5.32 Å². The molecule has 108 valence electrons. The summed E-state index contributed by atoms with van der Waals surface area (Å²) in [5.41, 5.74) is 0.413. The molecular weight excluding hydrogens is 258 g/mol. The first-order chi connectivity index (χ1) is 9.60. The Morgan fingerprint density at radius 1 is 1.50 bits per heavy atom. The number of carbonyl (C=O) groups excluding carboxylic acids is 2. The Bertz CT molecular complexity index is 509. The second kappa shape index (κ2) is 6.31. The van der Waals surface area contributed by atoms with Gasteiger partial charge in [0.2, 0.25) is 5.91 Å². The summed E-state index contributed by atoms with van der Waals surface area (Å²) in [6.45, 7) is 2.69. The van der Waals surface area contributed by atoms with Gasteiger partial charge >= 0.3 is 0 Å². The van der Waals surface area contributed by atoms with E-state index in [-0.39, 0.29) is 17.9 Å². The van der Waals surface area contributed by atoms with Crippen molar-refractivity contribution < 1.29 is 9.59 Å². The molecule has 0 spiro atoms. The van der Waals surface area contributed by atoms with Gasteiger partial charge in [-0.15, -0.1) is 0 Å². The minimum Gasteiger partial charge on any atom is -0.346 e. The molecule has 7 nitrogen and oxygen atoms in total. The van der Waals surface area contributed by atoms with Crippen molar-refractivity contribution in [2.45, 2.75) is 38.8 Å². The Balaban J connectivity index is 1.95. The van der Waals surface area contributed by atoms with Crippen LogP contribution in [-0.4, -0.2) is 45.2 Å². The Morgan fingerprint density at radius 3 is 2.90 bits per heavy atom. The van der Waals surface area contributed by atoms with Gasteiger partial charge in [-0.2, -0.15) is 5.10 Å². The number of amides is 2. The summed E-state index contributed by atoms with van der Waals surface area (Å²) in [5.74, 6) is -0.261. The van der Waals surface area contributed by atoms with E-state index in [0.717, 1.165) is 6.42 Å². The summed E-state index contributed by atoms with van der Waals surface area (Å²) in [7, 11) is 1.57. The van der Waals surface area contributed by atoms with E-state index in [9.17, 15) is 9.59 Å². The van der Waals surface area contributed by atoms with Gasteiger partial charge in [0.1, 0.15) is 5.71 Å². The number of rotatable bonds is 5. The molecule has 0 saturated carbocycles. The molecule has 0 bridgehead atoms. The lowest BCUT2D eigenvalue weighted by Gasteiger charge is -2.22. The molecule has 0 saturated heterocycles. The SMILES string of the molecule is CCC(Cn1ccnc1)NC(=O)C1=NN(C)C(=O)CC1. The highest BCUT2D eigenvalue weighted by Gasteiger charge is 2.23. The maximum absolute atomic E-state index is 12.1. The van der Waals surface area contributed by atoms with Crippen molar-refractivity contribution in [3.8, 4) is 0 Å². The van der Waals surface area contributed by atoms with Gasteiger partial charge in [0, 0.05) is 44.9 Å². The first-order valence-corrected chi connectivity index (χ1v) is 6.70. The molecule has 1 N–H and O–H groups in total. The molecule has 0 fully saturated rings. The fraction of sp³-hybridized carbons (Fsp3) is 0.538. The second-order valence-corrected chi connectivity index (χ2v) is 4.80. The molecule has 2 amide bonds. The van der Waals surface area contributed by atoms with E-state index >= 15 is 0 Å². The molecule has 7 heteroatoms. The van der Waals surface area contributed by atoms with E-state index in [2.05, 4.69) is 15.4 Å². The van der Waals surface area contributed by atoms with E-state index in [4.69, 9.17) is 0 Å². The van der Waals surface area contributed by atoms with Crippen LogP contribution in [0.2, 0.25) is 0 Å². The molecule has 1 unspecified atom stereocenters. The average Bonchev–Trinajstić information content (AvgIpc) is 2.93. The van der Waals surface area contributed by atoms with Crippen LogP contribution in [0.4, 0.5) is 0 Å². The monoisotopic (exact) mass is 277 g/mol. The van der Waals surface area contributed by atoms with Crippen LogP contribution in [0, 0.1) is 0 Å². The Labute approximate surface area is 117 Å². The number of imidazole rings is 1. The zero-order chi connectivity index (χ0) is 14.5. The molecule has 2 heterocycles. The molecule has 0 aromatic carbocycles. The van der Waals surface area contributed by atoms with Crippen LogP contribution in [0.5, 0.6) is 0 Å². The molecule has 20 heavy (non-hydrogen) atoms. The highest BCUT2D eigenvalue weighted by atomic mass is 16.2. The van der Waals surface area contributed by atoms with Gasteiger partial charge in [0.15, 0.2) is 0 Å². The van der Waals surface area contributed by atoms with Crippen molar-refractivity contribution in [3.05, 3.63) is 18.7 Å². The van der Waals surface area contributed by atoms with Gasteiger partial charge in [-0.1, -0.05) is 6.92 Å². The number of carbonyl (C=O) groups is 2. The Morgan fingerprint density at radius 2 is 2.30 bits per heavy atom. The minimum atomic E-state index is -0.198. The molecule has 1 atom stereocenters. The van der Waals surface area contributed by atoms with Gasteiger partial charge in [0.05, 0.1) is 6.33 Å². The lowest BCUT2D eigenvalue weighted by molar-refractivity contribution is -0.130. The topological polar surface area (TPSA) is 79.6 Å². The van der Waals surface area contributed by atoms with Crippen molar-refractivity contribution in [2.24, 2.45) is 5.10 Å². The average molecular weight is 277 g/mol. The largest absolute Gasteiger partial charge is 0.346 e. The highest BCUT2D eigenvalue weighted by Crippen LogP contribution is 2.07. The summed E-state index contributed by atoms with van der Waals surface area (Å²) in [6.07, 6.45) is 6.84. The van der Waals surface area contributed by atoms with Crippen molar-refractivity contribution >= 4 is 17.5 Å². The van der Waals surface area contributed by atoms with Crippen molar-refractivity contribution in [1.82, 2.24) is 19.9 Å². The van der Waals surface area contributed by atoms with Crippen LogP contribution in [0.15, 0.2) is 23.8 Å². The van der Waals surface area contributed by atoms with Gasteiger partial charge in [0.25, 0.3) is 5.91 Å². The standard InChI is InChI=1S/C13H19N5O2/c1-3-10(8-18-7-6-14-9-18)15-13(20)11-4-5-12(19)17(2)16-11/h6-7,9-10H,3-5,8H2,1-2H3,(H,15,20). The molecule has 0 aliphatic carbocycles. The van der Waals surface area contributed by atoms with E-state index in [1.165, 1.54) is 5.01 Å². The summed E-state index contributed by atoms with van der Waals surface area (Å²) < 4.78 is 1.92.